The second kappa shape index (κ2) is 8.13. The van der Waals surface area contributed by atoms with Gasteiger partial charge in [-0.15, -0.1) is 0 Å². The molecule has 1 amide bonds. The van der Waals surface area contributed by atoms with E-state index in [-0.39, 0.29) is 5.91 Å². The molecule has 26 heavy (non-hydrogen) atoms. The minimum Gasteiger partial charge on any atom is -0.497 e. The number of piperidine rings is 1. The van der Waals surface area contributed by atoms with Crippen LogP contribution in [0.25, 0.3) is 0 Å². The van der Waals surface area contributed by atoms with Gasteiger partial charge in [-0.25, -0.2) is 0 Å². The van der Waals surface area contributed by atoms with Crippen molar-refractivity contribution in [3.63, 3.8) is 0 Å². The first kappa shape index (κ1) is 18.1. The van der Waals surface area contributed by atoms with Crippen molar-refractivity contribution in [2.75, 3.05) is 33.0 Å². The zero-order valence-corrected chi connectivity index (χ0v) is 15.4. The molecule has 1 heterocycles. The number of nitrogens with zero attached hydrogens (tertiary/aromatic N) is 1. The van der Waals surface area contributed by atoms with Crippen molar-refractivity contribution in [2.45, 2.75) is 19.3 Å². The highest BCUT2D eigenvalue weighted by molar-refractivity contribution is 5.97. The maximum Gasteiger partial charge on any atom is 0.257 e. The van der Waals surface area contributed by atoms with Gasteiger partial charge in [0.25, 0.3) is 5.91 Å². The molecule has 0 spiro atoms. The maximum atomic E-state index is 12.9. The summed E-state index contributed by atoms with van der Waals surface area (Å²) in [6.45, 7) is 1.53. The highest BCUT2D eigenvalue weighted by Gasteiger charge is 2.25. The number of likely N-dealkylation sites (tertiary alicyclic amines) is 1. The molecule has 0 saturated carbocycles. The highest BCUT2D eigenvalue weighted by atomic mass is 16.5. The summed E-state index contributed by atoms with van der Waals surface area (Å²) in [5, 5.41) is 0. The van der Waals surface area contributed by atoms with Crippen LogP contribution in [0.15, 0.2) is 42.5 Å². The Morgan fingerprint density at radius 3 is 2.54 bits per heavy atom. The molecular formula is C21H26N2O3. The van der Waals surface area contributed by atoms with Gasteiger partial charge < -0.3 is 20.1 Å². The summed E-state index contributed by atoms with van der Waals surface area (Å²) in [5.41, 5.74) is 8.53. The summed E-state index contributed by atoms with van der Waals surface area (Å²) < 4.78 is 10.6. The standard InChI is InChI=1S/C21H26N2O3/c1-25-18-6-7-19(20(14-18)26-2)21(24)23-10-8-15(9-11-23)12-16-4-3-5-17(22)13-16/h3-7,13-15H,8-12,22H2,1-2H3. The van der Waals surface area contributed by atoms with Gasteiger partial charge in [0.1, 0.15) is 11.5 Å². The van der Waals surface area contributed by atoms with Gasteiger partial charge in [0.05, 0.1) is 19.8 Å². The molecule has 0 radical (unpaired) electrons. The predicted molar refractivity (Wildman–Crippen MR) is 103 cm³/mol. The summed E-state index contributed by atoms with van der Waals surface area (Å²) >= 11 is 0. The van der Waals surface area contributed by atoms with Gasteiger partial charge >= 0.3 is 0 Å². The minimum absolute atomic E-state index is 0.0203. The van der Waals surface area contributed by atoms with E-state index in [0.717, 1.165) is 38.0 Å². The molecule has 2 aromatic rings. The van der Waals surface area contributed by atoms with E-state index in [0.29, 0.717) is 23.0 Å². The number of anilines is 1. The first-order chi connectivity index (χ1) is 12.6. The van der Waals surface area contributed by atoms with Gasteiger partial charge in [0.15, 0.2) is 0 Å². The van der Waals surface area contributed by atoms with Crippen molar-refractivity contribution in [2.24, 2.45) is 5.92 Å². The van der Waals surface area contributed by atoms with Crippen LogP contribution in [-0.2, 0) is 6.42 Å². The lowest BCUT2D eigenvalue weighted by atomic mass is 9.90. The third-order valence-electron chi connectivity index (χ3n) is 5.02. The van der Waals surface area contributed by atoms with Gasteiger partial charge in [-0.3, -0.25) is 4.79 Å². The molecule has 138 valence electrons. The molecule has 1 aliphatic heterocycles. The van der Waals surface area contributed by atoms with E-state index in [2.05, 4.69) is 6.07 Å². The van der Waals surface area contributed by atoms with Gasteiger partial charge in [-0.2, -0.15) is 0 Å². The lowest BCUT2D eigenvalue weighted by Gasteiger charge is -2.32. The van der Waals surface area contributed by atoms with E-state index in [1.54, 1.807) is 32.4 Å². The van der Waals surface area contributed by atoms with Crippen LogP contribution in [0, 0.1) is 5.92 Å². The van der Waals surface area contributed by atoms with Crippen molar-refractivity contribution in [1.29, 1.82) is 0 Å². The fraction of sp³-hybridized carbons (Fsp3) is 0.381. The van der Waals surface area contributed by atoms with E-state index in [1.807, 2.05) is 23.1 Å². The number of rotatable bonds is 5. The summed E-state index contributed by atoms with van der Waals surface area (Å²) in [6, 6.07) is 13.4. The topological polar surface area (TPSA) is 64.8 Å². The molecule has 0 atom stereocenters. The molecule has 2 N–H and O–H groups in total. The van der Waals surface area contributed by atoms with Gasteiger partial charge in [0.2, 0.25) is 0 Å². The Morgan fingerprint density at radius 1 is 1.12 bits per heavy atom. The van der Waals surface area contributed by atoms with Crippen LogP contribution in [0.3, 0.4) is 0 Å². The average molecular weight is 354 g/mol. The number of nitrogen functional groups attached to an aromatic ring is 1. The fourth-order valence-electron chi connectivity index (χ4n) is 3.54. The van der Waals surface area contributed by atoms with Crippen molar-refractivity contribution >= 4 is 11.6 Å². The second-order valence-corrected chi connectivity index (χ2v) is 6.75. The summed E-state index contributed by atoms with van der Waals surface area (Å²) in [4.78, 5) is 14.8. The van der Waals surface area contributed by atoms with Crippen molar-refractivity contribution in [3.8, 4) is 11.5 Å². The number of ether oxygens (including phenoxy) is 2. The molecule has 0 aromatic heterocycles. The molecular weight excluding hydrogens is 328 g/mol. The second-order valence-electron chi connectivity index (χ2n) is 6.75. The van der Waals surface area contributed by atoms with Crippen LogP contribution < -0.4 is 15.2 Å². The van der Waals surface area contributed by atoms with E-state index in [4.69, 9.17) is 15.2 Å². The zero-order chi connectivity index (χ0) is 18.5. The Balaban J connectivity index is 1.62. The van der Waals surface area contributed by atoms with E-state index >= 15 is 0 Å². The first-order valence-electron chi connectivity index (χ1n) is 8.96. The number of nitrogens with two attached hydrogens (primary N) is 1. The highest BCUT2D eigenvalue weighted by Crippen LogP contribution is 2.28. The van der Waals surface area contributed by atoms with Crippen molar-refractivity contribution < 1.29 is 14.3 Å². The Kier molecular flexibility index (Phi) is 5.66. The normalized spacial score (nSPS) is 14.9. The first-order valence-corrected chi connectivity index (χ1v) is 8.96. The Bertz CT molecular complexity index is 768. The Labute approximate surface area is 154 Å². The molecule has 3 rings (SSSR count). The predicted octanol–water partition coefficient (Wildman–Crippen LogP) is 3.38. The molecule has 1 fully saturated rings. The van der Waals surface area contributed by atoms with Crippen molar-refractivity contribution in [1.82, 2.24) is 4.90 Å². The molecule has 5 nitrogen and oxygen atoms in total. The lowest BCUT2D eigenvalue weighted by Crippen LogP contribution is -2.39. The Hall–Kier alpha value is -2.69. The number of amides is 1. The van der Waals surface area contributed by atoms with Crippen LogP contribution >= 0.6 is 0 Å². The van der Waals surface area contributed by atoms with Crippen LogP contribution in [0.1, 0.15) is 28.8 Å². The van der Waals surface area contributed by atoms with Gasteiger partial charge in [-0.1, -0.05) is 12.1 Å². The molecule has 0 bridgehead atoms. The molecule has 1 saturated heterocycles. The fourth-order valence-corrected chi connectivity index (χ4v) is 3.54. The Morgan fingerprint density at radius 2 is 1.88 bits per heavy atom. The molecule has 0 unspecified atom stereocenters. The summed E-state index contributed by atoms with van der Waals surface area (Å²) in [5.74, 6) is 1.83. The maximum absolute atomic E-state index is 12.9. The largest absolute Gasteiger partial charge is 0.497 e. The number of methoxy groups -OCH3 is 2. The number of carbonyl (C=O) groups is 1. The van der Waals surface area contributed by atoms with E-state index in [9.17, 15) is 4.79 Å². The van der Waals surface area contributed by atoms with Crippen molar-refractivity contribution in [3.05, 3.63) is 53.6 Å². The number of carbonyl (C=O) groups excluding carboxylic acids is 1. The van der Waals surface area contributed by atoms with Crippen LogP contribution in [0.4, 0.5) is 5.69 Å². The van der Waals surface area contributed by atoms with E-state index in [1.165, 1.54) is 5.56 Å². The van der Waals surface area contributed by atoms with Gasteiger partial charge in [0, 0.05) is 24.8 Å². The van der Waals surface area contributed by atoms with Gasteiger partial charge in [-0.05, 0) is 55.0 Å². The third-order valence-corrected chi connectivity index (χ3v) is 5.02. The summed E-state index contributed by atoms with van der Waals surface area (Å²) in [6.07, 6.45) is 3.01. The lowest BCUT2D eigenvalue weighted by molar-refractivity contribution is 0.0687. The quantitative estimate of drug-likeness (QED) is 0.836. The van der Waals surface area contributed by atoms with Crippen LogP contribution in [-0.4, -0.2) is 38.1 Å². The molecule has 1 aliphatic rings. The van der Waals surface area contributed by atoms with E-state index < -0.39 is 0 Å². The monoisotopic (exact) mass is 354 g/mol. The van der Waals surface area contributed by atoms with Crippen LogP contribution in [0.2, 0.25) is 0 Å². The average Bonchev–Trinajstić information content (AvgIpc) is 2.67. The zero-order valence-electron chi connectivity index (χ0n) is 15.4. The molecule has 5 heteroatoms. The molecule has 2 aromatic carbocycles. The number of benzene rings is 2. The minimum atomic E-state index is 0.0203. The van der Waals surface area contributed by atoms with Crippen LogP contribution in [0.5, 0.6) is 11.5 Å². The molecule has 0 aliphatic carbocycles. The number of hydrogen-bond donors (Lipinski definition) is 1. The third kappa shape index (κ3) is 4.10. The SMILES string of the molecule is COc1ccc(C(=O)N2CCC(Cc3cccc(N)c3)CC2)c(OC)c1. The number of hydrogen-bond acceptors (Lipinski definition) is 4. The summed E-state index contributed by atoms with van der Waals surface area (Å²) in [7, 11) is 3.17. The smallest absolute Gasteiger partial charge is 0.257 e.